The van der Waals surface area contributed by atoms with E-state index in [2.05, 4.69) is 42.7 Å². The van der Waals surface area contributed by atoms with Gasteiger partial charge in [-0.2, -0.15) is 0 Å². The van der Waals surface area contributed by atoms with Crippen molar-refractivity contribution in [2.24, 2.45) is 23.7 Å². The van der Waals surface area contributed by atoms with Crippen molar-refractivity contribution in [1.29, 1.82) is 0 Å². The van der Waals surface area contributed by atoms with Gasteiger partial charge in [0.2, 0.25) is 0 Å². The molecule has 1 fully saturated rings. The van der Waals surface area contributed by atoms with Crippen LogP contribution in [0.25, 0.3) is 0 Å². The first kappa shape index (κ1) is 23.3. The van der Waals surface area contributed by atoms with E-state index in [0.717, 1.165) is 57.8 Å². The third kappa shape index (κ3) is 5.45. The highest BCUT2D eigenvalue weighted by Crippen LogP contribution is 2.53. The van der Waals surface area contributed by atoms with Crippen molar-refractivity contribution >= 4 is 5.97 Å². The SMILES string of the molecule is CCCCC(CCC)C(=O)OC[C@@H]1[C@@H]2CCc3c(nnn3C(CC)CCC)CC[C@@H]21. The molecule has 0 aromatic carbocycles. The number of fused-ring (bicyclic) bond motifs is 2. The van der Waals surface area contributed by atoms with Crippen molar-refractivity contribution in [1.82, 2.24) is 15.0 Å². The fraction of sp³-hybridized carbons (Fsp3) is 0.880. The second kappa shape index (κ2) is 11.3. The number of carbonyl (C=O) groups excluding carboxylic acids is 1. The van der Waals surface area contributed by atoms with Gasteiger partial charge in [0.15, 0.2) is 0 Å². The summed E-state index contributed by atoms with van der Waals surface area (Å²) in [6, 6.07) is 0.482. The lowest BCUT2D eigenvalue weighted by Crippen LogP contribution is -2.19. The molecule has 1 heterocycles. The summed E-state index contributed by atoms with van der Waals surface area (Å²) in [7, 11) is 0. The van der Waals surface area contributed by atoms with Gasteiger partial charge in [-0.3, -0.25) is 4.79 Å². The number of ether oxygens (including phenoxy) is 1. The minimum absolute atomic E-state index is 0.0514. The zero-order chi connectivity index (χ0) is 21.5. The molecule has 0 radical (unpaired) electrons. The molecule has 3 rings (SSSR count). The largest absolute Gasteiger partial charge is 0.465 e. The van der Waals surface area contributed by atoms with Crippen LogP contribution in [-0.4, -0.2) is 27.6 Å². The lowest BCUT2D eigenvalue weighted by molar-refractivity contribution is -0.149. The third-order valence-corrected chi connectivity index (χ3v) is 7.54. The summed E-state index contributed by atoms with van der Waals surface area (Å²) in [5.74, 6) is 2.13. The highest BCUT2D eigenvalue weighted by atomic mass is 16.5. The minimum atomic E-state index is 0.0514. The summed E-state index contributed by atoms with van der Waals surface area (Å²) < 4.78 is 8.08. The quantitative estimate of drug-likeness (QED) is 0.396. The van der Waals surface area contributed by atoms with Gasteiger partial charge in [-0.15, -0.1) is 5.10 Å². The highest BCUT2D eigenvalue weighted by Gasteiger charge is 2.50. The predicted molar refractivity (Wildman–Crippen MR) is 120 cm³/mol. The Morgan fingerprint density at radius 1 is 1.03 bits per heavy atom. The number of rotatable bonds is 12. The maximum atomic E-state index is 12.6. The third-order valence-electron chi connectivity index (χ3n) is 7.54. The molecule has 0 bridgehead atoms. The lowest BCUT2D eigenvalue weighted by Gasteiger charge is -2.18. The topological polar surface area (TPSA) is 57.0 Å². The molecule has 2 unspecified atom stereocenters. The summed E-state index contributed by atoms with van der Waals surface area (Å²) in [5.41, 5.74) is 2.59. The van der Waals surface area contributed by atoms with Gasteiger partial charge >= 0.3 is 5.97 Å². The van der Waals surface area contributed by atoms with E-state index in [4.69, 9.17) is 4.74 Å². The number of aromatic nitrogens is 3. The molecule has 0 spiro atoms. The summed E-state index contributed by atoms with van der Waals surface area (Å²) in [6.07, 6.45) is 13.2. The number of hydrogen-bond donors (Lipinski definition) is 0. The number of unbranched alkanes of at least 4 members (excludes halogenated alkanes) is 1. The number of carbonyl (C=O) groups is 1. The van der Waals surface area contributed by atoms with Crippen LogP contribution in [0.3, 0.4) is 0 Å². The number of nitrogens with zero attached hydrogens (tertiary/aromatic N) is 3. The van der Waals surface area contributed by atoms with Crippen LogP contribution in [0.1, 0.15) is 109 Å². The molecule has 1 aromatic rings. The van der Waals surface area contributed by atoms with Crippen molar-refractivity contribution in [3.05, 3.63) is 11.4 Å². The Hall–Kier alpha value is -1.39. The molecule has 5 atom stereocenters. The Morgan fingerprint density at radius 3 is 2.43 bits per heavy atom. The first-order valence-corrected chi connectivity index (χ1v) is 12.7. The Labute approximate surface area is 183 Å². The predicted octanol–water partition coefficient (Wildman–Crippen LogP) is 5.92. The van der Waals surface area contributed by atoms with E-state index >= 15 is 0 Å². The average molecular weight is 418 g/mol. The first-order chi connectivity index (χ1) is 14.6. The summed E-state index contributed by atoms with van der Waals surface area (Å²) in [6.45, 7) is 9.48. The Kier molecular flexibility index (Phi) is 8.76. The first-order valence-electron chi connectivity index (χ1n) is 12.7. The maximum absolute atomic E-state index is 12.6. The van der Waals surface area contributed by atoms with Gasteiger partial charge in [-0.1, -0.05) is 58.6 Å². The molecule has 2 aliphatic rings. The molecule has 170 valence electrons. The van der Waals surface area contributed by atoms with E-state index in [0.29, 0.717) is 30.4 Å². The van der Waals surface area contributed by atoms with Crippen LogP contribution in [0, 0.1) is 23.7 Å². The van der Waals surface area contributed by atoms with Crippen molar-refractivity contribution in [2.75, 3.05) is 6.61 Å². The van der Waals surface area contributed by atoms with Crippen LogP contribution < -0.4 is 0 Å². The molecule has 0 amide bonds. The van der Waals surface area contributed by atoms with E-state index in [1.54, 1.807) is 0 Å². The van der Waals surface area contributed by atoms with E-state index in [9.17, 15) is 4.79 Å². The van der Waals surface area contributed by atoms with Crippen LogP contribution >= 0.6 is 0 Å². The second-order valence-corrected chi connectivity index (χ2v) is 9.60. The highest BCUT2D eigenvalue weighted by molar-refractivity contribution is 5.72. The molecule has 0 saturated heterocycles. The van der Waals surface area contributed by atoms with Crippen LogP contribution in [-0.2, 0) is 22.4 Å². The van der Waals surface area contributed by atoms with Gasteiger partial charge < -0.3 is 4.74 Å². The molecule has 1 saturated carbocycles. The van der Waals surface area contributed by atoms with Crippen LogP contribution in [0.4, 0.5) is 0 Å². The van der Waals surface area contributed by atoms with Gasteiger partial charge in [0, 0.05) is 0 Å². The molecule has 5 heteroatoms. The monoisotopic (exact) mass is 417 g/mol. The van der Waals surface area contributed by atoms with Crippen molar-refractivity contribution in [3.63, 3.8) is 0 Å². The average Bonchev–Trinajstić information content (AvgIpc) is 3.24. The Morgan fingerprint density at radius 2 is 1.77 bits per heavy atom. The molecule has 30 heavy (non-hydrogen) atoms. The van der Waals surface area contributed by atoms with Crippen LogP contribution in [0.5, 0.6) is 0 Å². The van der Waals surface area contributed by atoms with E-state index in [1.807, 2.05) is 0 Å². The van der Waals surface area contributed by atoms with Crippen LogP contribution in [0.2, 0.25) is 0 Å². The molecule has 0 aliphatic heterocycles. The molecule has 5 nitrogen and oxygen atoms in total. The van der Waals surface area contributed by atoms with Gasteiger partial charge in [-0.05, 0) is 69.1 Å². The smallest absolute Gasteiger partial charge is 0.308 e. The molecule has 1 aromatic heterocycles. The van der Waals surface area contributed by atoms with Crippen molar-refractivity contribution in [2.45, 2.75) is 111 Å². The summed E-state index contributed by atoms with van der Waals surface area (Å²) >= 11 is 0. The van der Waals surface area contributed by atoms with E-state index < -0.39 is 0 Å². The number of aryl methyl sites for hydroxylation is 1. The minimum Gasteiger partial charge on any atom is -0.465 e. The maximum Gasteiger partial charge on any atom is 0.308 e. The Bertz CT molecular complexity index is 671. The number of esters is 1. The fourth-order valence-corrected chi connectivity index (χ4v) is 5.64. The van der Waals surface area contributed by atoms with Gasteiger partial charge in [0.05, 0.1) is 30.0 Å². The van der Waals surface area contributed by atoms with Gasteiger partial charge in [0.25, 0.3) is 0 Å². The lowest BCUT2D eigenvalue weighted by atomic mass is 9.97. The van der Waals surface area contributed by atoms with Crippen molar-refractivity contribution < 1.29 is 9.53 Å². The normalized spacial score (nSPS) is 24.9. The van der Waals surface area contributed by atoms with E-state index in [1.165, 1.54) is 30.7 Å². The zero-order valence-electron chi connectivity index (χ0n) is 19.7. The van der Waals surface area contributed by atoms with Gasteiger partial charge in [0.1, 0.15) is 0 Å². The Balaban J connectivity index is 1.54. The molecule has 0 N–H and O–H groups in total. The molecular weight excluding hydrogens is 374 g/mol. The summed E-state index contributed by atoms with van der Waals surface area (Å²) in [4.78, 5) is 12.6. The van der Waals surface area contributed by atoms with Gasteiger partial charge in [-0.25, -0.2) is 4.68 Å². The van der Waals surface area contributed by atoms with E-state index in [-0.39, 0.29) is 11.9 Å². The molecular formula is C25H43N3O2. The second-order valence-electron chi connectivity index (χ2n) is 9.60. The number of hydrogen-bond acceptors (Lipinski definition) is 4. The van der Waals surface area contributed by atoms with Crippen molar-refractivity contribution in [3.8, 4) is 0 Å². The fourth-order valence-electron chi connectivity index (χ4n) is 5.64. The standard InChI is InChI=1S/C25H43N3O2/c1-5-9-12-18(10-6-2)25(29)30-17-22-20-13-15-23-24(16-14-21(20)22)28(27-26-23)19(8-4)11-7-3/h18-22H,5-17H2,1-4H3/t18?,19?,20-,21+,22-/m0/s1. The molecule has 2 aliphatic carbocycles. The summed E-state index contributed by atoms with van der Waals surface area (Å²) in [5, 5.41) is 9.11. The zero-order valence-corrected chi connectivity index (χ0v) is 19.7. The van der Waals surface area contributed by atoms with Crippen LogP contribution in [0.15, 0.2) is 0 Å².